The van der Waals surface area contributed by atoms with Crippen molar-refractivity contribution in [2.45, 2.75) is 19.9 Å². The Morgan fingerprint density at radius 2 is 1.86 bits per heavy atom. The molecule has 0 fully saturated rings. The van der Waals surface area contributed by atoms with Gasteiger partial charge in [0.25, 0.3) is 0 Å². The van der Waals surface area contributed by atoms with Crippen molar-refractivity contribution in [2.24, 2.45) is 0 Å². The molecule has 0 heterocycles. The van der Waals surface area contributed by atoms with Gasteiger partial charge in [-0.05, 0) is 42.8 Å². The lowest BCUT2D eigenvalue weighted by atomic mass is 10.2. The summed E-state index contributed by atoms with van der Waals surface area (Å²) in [5.74, 6) is 0.358. The van der Waals surface area contributed by atoms with Gasteiger partial charge in [0, 0.05) is 18.6 Å². The lowest BCUT2D eigenvalue weighted by Gasteiger charge is -2.24. The van der Waals surface area contributed by atoms with Crippen LogP contribution in [0.25, 0.3) is 0 Å². The number of carbonyl (C=O) groups is 2. The van der Waals surface area contributed by atoms with Gasteiger partial charge in [0.1, 0.15) is 5.75 Å². The predicted octanol–water partition coefficient (Wildman–Crippen LogP) is 3.66. The topological polar surface area (TPSA) is 61.9 Å². The van der Waals surface area contributed by atoms with Crippen LogP contribution < -0.4 is 10.1 Å². The fourth-order valence-corrected chi connectivity index (χ4v) is 3.19. The van der Waals surface area contributed by atoms with E-state index in [1.54, 1.807) is 37.3 Å². The number of halogens is 1. The Hall–Kier alpha value is -2.57. The van der Waals surface area contributed by atoms with E-state index in [9.17, 15) is 9.59 Å². The summed E-state index contributed by atoms with van der Waals surface area (Å²) in [6, 6.07) is 14.7. The van der Waals surface area contributed by atoms with E-state index in [4.69, 9.17) is 16.3 Å². The smallest absolute Gasteiger partial charge is 0.238 e. The second kappa shape index (κ2) is 11.4. The van der Waals surface area contributed by atoms with Gasteiger partial charge in [0.2, 0.25) is 11.8 Å². The Labute approximate surface area is 177 Å². The van der Waals surface area contributed by atoms with E-state index in [2.05, 4.69) is 5.32 Å². The number of hydrogen-bond donors (Lipinski definition) is 1. The van der Waals surface area contributed by atoms with Crippen LogP contribution in [0, 0.1) is 0 Å². The van der Waals surface area contributed by atoms with Gasteiger partial charge in [-0.3, -0.25) is 14.5 Å². The molecule has 2 aromatic carbocycles. The highest BCUT2D eigenvalue weighted by Crippen LogP contribution is 2.22. The Kier molecular flexibility index (Phi) is 8.96. The SMILES string of the molecule is CCCN(CC(=O)Nc1ccccc1OC)CC(=O)N(C)Cc1cccc(Cl)c1. The molecule has 0 saturated heterocycles. The average Bonchev–Trinajstić information content (AvgIpc) is 2.68. The van der Waals surface area contributed by atoms with Gasteiger partial charge in [-0.2, -0.15) is 0 Å². The Balaban J connectivity index is 1.94. The summed E-state index contributed by atoms with van der Waals surface area (Å²) in [4.78, 5) is 28.6. The second-order valence-corrected chi connectivity index (χ2v) is 7.28. The quantitative estimate of drug-likeness (QED) is 0.640. The fourth-order valence-electron chi connectivity index (χ4n) is 2.98. The van der Waals surface area contributed by atoms with Gasteiger partial charge in [-0.15, -0.1) is 0 Å². The first kappa shape index (κ1) is 22.7. The molecule has 0 aliphatic heterocycles. The maximum atomic E-state index is 12.7. The molecule has 0 aliphatic rings. The fraction of sp³-hybridized carbons (Fsp3) is 0.364. The molecule has 156 valence electrons. The van der Waals surface area contributed by atoms with E-state index in [1.807, 2.05) is 42.2 Å². The summed E-state index contributed by atoms with van der Waals surface area (Å²) in [7, 11) is 3.31. The number of methoxy groups -OCH3 is 1. The van der Waals surface area contributed by atoms with Crippen LogP contribution in [0.3, 0.4) is 0 Å². The summed E-state index contributed by atoms with van der Waals surface area (Å²) in [5.41, 5.74) is 1.57. The molecule has 1 N–H and O–H groups in total. The number of hydrogen-bond acceptors (Lipinski definition) is 4. The van der Waals surface area contributed by atoms with Crippen LogP contribution in [-0.4, -0.2) is 55.4 Å². The number of amides is 2. The van der Waals surface area contributed by atoms with Crippen molar-refractivity contribution in [3.8, 4) is 5.75 Å². The van der Waals surface area contributed by atoms with Crippen molar-refractivity contribution in [1.29, 1.82) is 0 Å². The molecule has 7 heteroatoms. The zero-order chi connectivity index (χ0) is 21.2. The molecular weight excluding hydrogens is 390 g/mol. The lowest BCUT2D eigenvalue weighted by molar-refractivity contribution is -0.132. The number of benzene rings is 2. The molecular formula is C22H28ClN3O3. The molecule has 6 nitrogen and oxygen atoms in total. The number of carbonyl (C=O) groups excluding carboxylic acids is 2. The van der Waals surface area contributed by atoms with E-state index in [0.29, 0.717) is 29.5 Å². The van der Waals surface area contributed by atoms with Crippen LogP contribution in [0.4, 0.5) is 5.69 Å². The molecule has 29 heavy (non-hydrogen) atoms. The van der Waals surface area contributed by atoms with Gasteiger partial charge < -0.3 is 15.0 Å². The number of anilines is 1. The molecule has 0 radical (unpaired) electrons. The Morgan fingerprint density at radius 3 is 2.55 bits per heavy atom. The minimum Gasteiger partial charge on any atom is -0.495 e. The molecule has 0 spiro atoms. The van der Waals surface area contributed by atoms with E-state index in [0.717, 1.165) is 12.0 Å². The molecule has 0 unspecified atom stereocenters. The number of nitrogens with zero attached hydrogens (tertiary/aromatic N) is 2. The molecule has 0 bridgehead atoms. The van der Waals surface area contributed by atoms with E-state index in [-0.39, 0.29) is 24.9 Å². The third-order valence-corrected chi connectivity index (χ3v) is 4.62. The lowest BCUT2D eigenvalue weighted by Crippen LogP contribution is -2.42. The van der Waals surface area contributed by atoms with E-state index in [1.165, 1.54) is 0 Å². The summed E-state index contributed by atoms with van der Waals surface area (Å²) >= 11 is 6.01. The third kappa shape index (κ3) is 7.40. The number of likely N-dealkylation sites (N-methyl/N-ethyl adjacent to an activating group) is 1. The standard InChI is InChI=1S/C22H28ClN3O3/c1-4-12-26(15-21(27)24-19-10-5-6-11-20(19)29-3)16-22(28)25(2)14-17-8-7-9-18(23)13-17/h5-11,13H,4,12,14-16H2,1-3H3,(H,24,27). The van der Waals surface area contributed by atoms with Crippen molar-refractivity contribution in [2.75, 3.05) is 39.1 Å². The van der Waals surface area contributed by atoms with Crippen molar-refractivity contribution in [3.05, 3.63) is 59.1 Å². The van der Waals surface area contributed by atoms with Crippen LogP contribution in [0.1, 0.15) is 18.9 Å². The monoisotopic (exact) mass is 417 g/mol. The molecule has 0 saturated carbocycles. The summed E-state index contributed by atoms with van der Waals surface area (Å²) < 4.78 is 5.26. The maximum Gasteiger partial charge on any atom is 0.238 e. The highest BCUT2D eigenvalue weighted by Gasteiger charge is 2.18. The molecule has 0 aromatic heterocycles. The Morgan fingerprint density at radius 1 is 1.10 bits per heavy atom. The van der Waals surface area contributed by atoms with Gasteiger partial charge in [-0.1, -0.05) is 42.8 Å². The first-order valence-electron chi connectivity index (χ1n) is 9.56. The van der Waals surface area contributed by atoms with Crippen molar-refractivity contribution in [3.63, 3.8) is 0 Å². The minimum atomic E-state index is -0.187. The van der Waals surface area contributed by atoms with Crippen LogP contribution in [0.2, 0.25) is 5.02 Å². The minimum absolute atomic E-state index is 0.0523. The van der Waals surface area contributed by atoms with Crippen LogP contribution in [-0.2, 0) is 16.1 Å². The molecule has 2 aromatic rings. The van der Waals surface area contributed by atoms with Gasteiger partial charge in [-0.25, -0.2) is 0 Å². The number of rotatable bonds is 10. The van der Waals surface area contributed by atoms with Crippen molar-refractivity contribution >= 4 is 29.1 Å². The number of nitrogens with one attached hydrogen (secondary N) is 1. The first-order valence-corrected chi connectivity index (χ1v) is 9.94. The van der Waals surface area contributed by atoms with Crippen molar-refractivity contribution in [1.82, 2.24) is 9.80 Å². The molecule has 2 amide bonds. The van der Waals surface area contributed by atoms with Crippen LogP contribution in [0.5, 0.6) is 5.75 Å². The van der Waals surface area contributed by atoms with E-state index < -0.39 is 0 Å². The predicted molar refractivity (Wildman–Crippen MR) is 116 cm³/mol. The third-order valence-electron chi connectivity index (χ3n) is 4.38. The normalized spacial score (nSPS) is 10.7. The summed E-state index contributed by atoms with van der Waals surface area (Å²) in [6.45, 7) is 3.43. The highest BCUT2D eigenvalue weighted by atomic mass is 35.5. The van der Waals surface area contributed by atoms with Crippen LogP contribution >= 0.6 is 11.6 Å². The number of para-hydroxylation sites is 2. The number of ether oxygens (including phenoxy) is 1. The molecule has 0 atom stereocenters. The van der Waals surface area contributed by atoms with Gasteiger partial charge in [0.15, 0.2) is 0 Å². The molecule has 0 aliphatic carbocycles. The zero-order valence-electron chi connectivity index (χ0n) is 17.2. The second-order valence-electron chi connectivity index (χ2n) is 6.84. The Bertz CT molecular complexity index is 828. The van der Waals surface area contributed by atoms with Gasteiger partial charge in [0.05, 0.1) is 25.9 Å². The van der Waals surface area contributed by atoms with Crippen LogP contribution in [0.15, 0.2) is 48.5 Å². The highest BCUT2D eigenvalue weighted by molar-refractivity contribution is 6.30. The first-order chi connectivity index (χ1) is 13.9. The molecule has 2 rings (SSSR count). The zero-order valence-corrected chi connectivity index (χ0v) is 17.9. The van der Waals surface area contributed by atoms with Gasteiger partial charge >= 0.3 is 0 Å². The van der Waals surface area contributed by atoms with E-state index >= 15 is 0 Å². The summed E-state index contributed by atoms with van der Waals surface area (Å²) in [5, 5.41) is 3.50. The maximum absolute atomic E-state index is 12.7. The summed E-state index contributed by atoms with van der Waals surface area (Å²) in [6.07, 6.45) is 0.841. The largest absolute Gasteiger partial charge is 0.495 e. The average molecular weight is 418 g/mol. The van der Waals surface area contributed by atoms with Crippen molar-refractivity contribution < 1.29 is 14.3 Å².